The predicted octanol–water partition coefficient (Wildman–Crippen LogP) is 1.85. The molecule has 1 aliphatic carbocycles. The fourth-order valence-corrected chi connectivity index (χ4v) is 1.70. The fraction of sp³-hybridized carbons (Fsp3) is 0.909. The van der Waals surface area contributed by atoms with Gasteiger partial charge in [0.1, 0.15) is 12.1 Å². The van der Waals surface area contributed by atoms with Crippen molar-refractivity contribution < 1.29 is 9.53 Å². The minimum atomic E-state index is -0.461. The lowest BCUT2D eigenvalue weighted by molar-refractivity contribution is -0.153. The summed E-state index contributed by atoms with van der Waals surface area (Å²) in [5.74, 6) is -0.0713. The van der Waals surface area contributed by atoms with Crippen molar-refractivity contribution in [3.63, 3.8) is 0 Å². The Morgan fingerprint density at radius 1 is 1.29 bits per heavy atom. The Kier molecular flexibility index (Phi) is 4.39. The fourth-order valence-electron chi connectivity index (χ4n) is 1.70. The molecule has 0 radical (unpaired) electrons. The summed E-state index contributed by atoms with van der Waals surface area (Å²) in [6.45, 7) is 3.87. The number of nitrogens with two attached hydrogens (primary N) is 1. The Balaban J connectivity index is 2.31. The lowest BCUT2D eigenvalue weighted by atomic mass is 9.97. The van der Waals surface area contributed by atoms with Crippen molar-refractivity contribution in [2.75, 3.05) is 0 Å². The SMILES string of the molecule is CC(C)[C@@H](N)C(=O)OC1CCCCC1. The molecule has 2 N–H and O–H groups in total. The zero-order chi connectivity index (χ0) is 10.6. The third-order valence-corrected chi connectivity index (χ3v) is 2.83. The number of esters is 1. The molecule has 0 unspecified atom stereocenters. The van der Waals surface area contributed by atoms with Crippen LogP contribution >= 0.6 is 0 Å². The normalized spacial score (nSPS) is 20.9. The van der Waals surface area contributed by atoms with Crippen molar-refractivity contribution in [1.82, 2.24) is 0 Å². The van der Waals surface area contributed by atoms with Crippen LogP contribution in [0.2, 0.25) is 0 Å². The molecule has 0 aliphatic heterocycles. The second-order valence-corrected chi connectivity index (χ2v) is 4.47. The van der Waals surface area contributed by atoms with Gasteiger partial charge in [0.15, 0.2) is 0 Å². The molecule has 3 heteroatoms. The van der Waals surface area contributed by atoms with Crippen molar-refractivity contribution in [3.8, 4) is 0 Å². The lowest BCUT2D eigenvalue weighted by Gasteiger charge is -2.24. The van der Waals surface area contributed by atoms with E-state index in [1.54, 1.807) is 0 Å². The minimum Gasteiger partial charge on any atom is -0.461 e. The van der Waals surface area contributed by atoms with Crippen molar-refractivity contribution in [3.05, 3.63) is 0 Å². The van der Waals surface area contributed by atoms with Crippen LogP contribution < -0.4 is 5.73 Å². The first-order valence-corrected chi connectivity index (χ1v) is 5.57. The lowest BCUT2D eigenvalue weighted by Crippen LogP contribution is -2.39. The maximum absolute atomic E-state index is 11.5. The number of rotatable bonds is 3. The molecule has 0 aromatic heterocycles. The van der Waals surface area contributed by atoms with E-state index in [9.17, 15) is 4.79 Å². The molecule has 0 amide bonds. The molecular formula is C11H21NO2. The molecule has 0 bridgehead atoms. The number of ether oxygens (including phenoxy) is 1. The van der Waals surface area contributed by atoms with Crippen LogP contribution in [0, 0.1) is 5.92 Å². The molecular weight excluding hydrogens is 178 g/mol. The summed E-state index contributed by atoms with van der Waals surface area (Å²) in [5, 5.41) is 0. The highest BCUT2D eigenvalue weighted by molar-refractivity contribution is 5.75. The zero-order valence-electron chi connectivity index (χ0n) is 9.16. The monoisotopic (exact) mass is 199 g/mol. The first-order chi connectivity index (χ1) is 6.61. The highest BCUT2D eigenvalue weighted by Crippen LogP contribution is 2.20. The van der Waals surface area contributed by atoms with Crippen LogP contribution in [0.25, 0.3) is 0 Å². The maximum atomic E-state index is 11.5. The highest BCUT2D eigenvalue weighted by atomic mass is 16.5. The topological polar surface area (TPSA) is 52.3 Å². The van der Waals surface area contributed by atoms with Gasteiger partial charge in [-0.05, 0) is 31.6 Å². The second-order valence-electron chi connectivity index (χ2n) is 4.47. The van der Waals surface area contributed by atoms with Crippen LogP contribution in [-0.2, 0) is 9.53 Å². The largest absolute Gasteiger partial charge is 0.461 e. The van der Waals surface area contributed by atoms with E-state index in [1.165, 1.54) is 19.3 Å². The minimum absolute atomic E-state index is 0.126. The predicted molar refractivity (Wildman–Crippen MR) is 55.8 cm³/mol. The first kappa shape index (κ1) is 11.5. The Hall–Kier alpha value is -0.570. The molecule has 0 saturated heterocycles. The molecule has 0 aromatic carbocycles. The number of carbonyl (C=O) groups excluding carboxylic acids is 1. The molecule has 1 atom stereocenters. The van der Waals surface area contributed by atoms with E-state index in [0.29, 0.717) is 0 Å². The smallest absolute Gasteiger partial charge is 0.323 e. The summed E-state index contributed by atoms with van der Waals surface area (Å²) >= 11 is 0. The highest BCUT2D eigenvalue weighted by Gasteiger charge is 2.23. The summed E-state index contributed by atoms with van der Waals surface area (Å²) in [6, 6.07) is -0.461. The van der Waals surface area contributed by atoms with E-state index < -0.39 is 6.04 Å². The molecule has 0 heterocycles. The van der Waals surface area contributed by atoms with Crippen molar-refractivity contribution in [2.45, 2.75) is 58.1 Å². The standard InChI is InChI=1S/C11H21NO2/c1-8(2)10(12)11(13)14-9-6-4-3-5-7-9/h8-10H,3-7,12H2,1-2H3/t10-/m1/s1. The van der Waals surface area contributed by atoms with E-state index in [2.05, 4.69) is 0 Å². The van der Waals surface area contributed by atoms with Gasteiger partial charge in [-0.25, -0.2) is 0 Å². The Labute approximate surface area is 86.0 Å². The molecule has 1 saturated carbocycles. The van der Waals surface area contributed by atoms with E-state index >= 15 is 0 Å². The van der Waals surface area contributed by atoms with E-state index in [1.807, 2.05) is 13.8 Å². The average molecular weight is 199 g/mol. The average Bonchev–Trinajstić information content (AvgIpc) is 2.18. The molecule has 1 aliphatic rings. The van der Waals surface area contributed by atoms with Gasteiger partial charge in [-0.3, -0.25) is 4.79 Å². The molecule has 1 fully saturated rings. The van der Waals surface area contributed by atoms with Gasteiger partial charge < -0.3 is 10.5 Å². The van der Waals surface area contributed by atoms with Crippen LogP contribution in [0.15, 0.2) is 0 Å². The number of hydrogen-bond donors (Lipinski definition) is 1. The number of hydrogen-bond acceptors (Lipinski definition) is 3. The molecule has 0 spiro atoms. The van der Waals surface area contributed by atoms with E-state index in [-0.39, 0.29) is 18.0 Å². The maximum Gasteiger partial charge on any atom is 0.323 e. The summed E-state index contributed by atoms with van der Waals surface area (Å²) in [5.41, 5.74) is 5.70. The van der Waals surface area contributed by atoms with Gasteiger partial charge >= 0.3 is 5.97 Å². The Morgan fingerprint density at radius 3 is 2.36 bits per heavy atom. The summed E-state index contributed by atoms with van der Waals surface area (Å²) in [6.07, 6.45) is 5.77. The summed E-state index contributed by atoms with van der Waals surface area (Å²) in [7, 11) is 0. The van der Waals surface area contributed by atoms with Gasteiger partial charge in [0.25, 0.3) is 0 Å². The molecule has 82 valence electrons. The third-order valence-electron chi connectivity index (χ3n) is 2.83. The first-order valence-electron chi connectivity index (χ1n) is 5.57. The van der Waals surface area contributed by atoms with E-state index in [4.69, 9.17) is 10.5 Å². The van der Waals surface area contributed by atoms with Gasteiger partial charge in [0.05, 0.1) is 0 Å². The molecule has 0 aromatic rings. The molecule has 14 heavy (non-hydrogen) atoms. The van der Waals surface area contributed by atoms with Crippen LogP contribution in [-0.4, -0.2) is 18.1 Å². The van der Waals surface area contributed by atoms with Crippen LogP contribution in [0.4, 0.5) is 0 Å². The second kappa shape index (κ2) is 5.35. The summed E-state index contributed by atoms with van der Waals surface area (Å²) in [4.78, 5) is 11.5. The van der Waals surface area contributed by atoms with Gasteiger partial charge in [0, 0.05) is 0 Å². The number of carbonyl (C=O) groups is 1. The third kappa shape index (κ3) is 3.29. The Bertz CT molecular complexity index is 186. The molecule has 3 nitrogen and oxygen atoms in total. The van der Waals surface area contributed by atoms with Crippen LogP contribution in [0.3, 0.4) is 0 Å². The van der Waals surface area contributed by atoms with Gasteiger partial charge in [-0.2, -0.15) is 0 Å². The Morgan fingerprint density at radius 2 is 1.86 bits per heavy atom. The zero-order valence-corrected chi connectivity index (χ0v) is 9.16. The van der Waals surface area contributed by atoms with Crippen molar-refractivity contribution in [1.29, 1.82) is 0 Å². The van der Waals surface area contributed by atoms with Crippen molar-refractivity contribution >= 4 is 5.97 Å². The van der Waals surface area contributed by atoms with Gasteiger partial charge in [-0.1, -0.05) is 20.3 Å². The van der Waals surface area contributed by atoms with Gasteiger partial charge in [0.2, 0.25) is 0 Å². The van der Waals surface area contributed by atoms with Crippen LogP contribution in [0.5, 0.6) is 0 Å². The van der Waals surface area contributed by atoms with Gasteiger partial charge in [-0.15, -0.1) is 0 Å². The summed E-state index contributed by atoms with van der Waals surface area (Å²) < 4.78 is 5.35. The molecule has 1 rings (SSSR count). The van der Waals surface area contributed by atoms with E-state index in [0.717, 1.165) is 12.8 Å². The van der Waals surface area contributed by atoms with Crippen molar-refractivity contribution in [2.24, 2.45) is 11.7 Å². The van der Waals surface area contributed by atoms with Crippen LogP contribution in [0.1, 0.15) is 46.0 Å². The quantitative estimate of drug-likeness (QED) is 0.706.